The highest BCUT2D eigenvalue weighted by atomic mass is 19.4. The molecular formula is C28H30F3N3O. The van der Waals surface area contributed by atoms with Crippen LogP contribution in [0.15, 0.2) is 54.7 Å². The van der Waals surface area contributed by atoms with Gasteiger partial charge in [0.05, 0.1) is 16.6 Å². The van der Waals surface area contributed by atoms with Crippen LogP contribution in [0.5, 0.6) is 0 Å². The van der Waals surface area contributed by atoms with E-state index >= 15 is 0 Å². The van der Waals surface area contributed by atoms with Gasteiger partial charge in [-0.1, -0.05) is 49.6 Å². The van der Waals surface area contributed by atoms with E-state index in [1.165, 1.54) is 12.1 Å². The number of fused-ring (bicyclic) bond motifs is 2. The van der Waals surface area contributed by atoms with Crippen LogP contribution in [0, 0.1) is 0 Å². The molecule has 4 nitrogen and oxygen atoms in total. The van der Waals surface area contributed by atoms with Crippen LogP contribution < -0.4 is 5.32 Å². The SMILES string of the molecule is O=C(NC1(CCN2CCc3c(cccc3C(F)(F)F)C2)CCCCC1)c1ccnc2ccccc12. The molecule has 1 aliphatic heterocycles. The number of pyridine rings is 1. The fourth-order valence-electron chi connectivity index (χ4n) is 5.76. The van der Waals surface area contributed by atoms with E-state index < -0.39 is 11.7 Å². The average molecular weight is 482 g/mol. The number of amides is 1. The molecular weight excluding hydrogens is 451 g/mol. The summed E-state index contributed by atoms with van der Waals surface area (Å²) in [5.74, 6) is -0.0793. The summed E-state index contributed by atoms with van der Waals surface area (Å²) >= 11 is 0. The molecule has 2 heterocycles. The second kappa shape index (κ2) is 9.61. The Kier molecular flexibility index (Phi) is 6.53. The fraction of sp³-hybridized carbons (Fsp3) is 0.429. The molecule has 7 heteroatoms. The zero-order valence-corrected chi connectivity index (χ0v) is 19.7. The molecule has 0 spiro atoms. The number of benzene rings is 2. The molecule has 184 valence electrons. The zero-order valence-electron chi connectivity index (χ0n) is 19.7. The van der Waals surface area contributed by atoms with Crippen molar-refractivity contribution in [3.63, 3.8) is 0 Å². The van der Waals surface area contributed by atoms with E-state index in [0.717, 1.165) is 61.5 Å². The third kappa shape index (κ3) is 5.06. The van der Waals surface area contributed by atoms with Crippen molar-refractivity contribution in [1.82, 2.24) is 15.2 Å². The van der Waals surface area contributed by atoms with Gasteiger partial charge in [-0.05, 0) is 55.0 Å². The minimum Gasteiger partial charge on any atom is -0.347 e. The first kappa shape index (κ1) is 23.8. The molecule has 2 aromatic carbocycles. The summed E-state index contributed by atoms with van der Waals surface area (Å²) in [5.41, 5.74) is 1.82. The van der Waals surface area contributed by atoms with E-state index in [9.17, 15) is 18.0 Å². The maximum atomic E-state index is 13.4. The van der Waals surface area contributed by atoms with Crippen LogP contribution >= 0.6 is 0 Å². The minimum atomic E-state index is -4.32. The van der Waals surface area contributed by atoms with Gasteiger partial charge in [0, 0.05) is 36.8 Å². The number of aromatic nitrogens is 1. The van der Waals surface area contributed by atoms with Gasteiger partial charge in [-0.25, -0.2) is 0 Å². The quantitative estimate of drug-likeness (QED) is 0.477. The summed E-state index contributed by atoms with van der Waals surface area (Å²) in [6, 6.07) is 13.9. The maximum absolute atomic E-state index is 13.4. The van der Waals surface area contributed by atoms with Crippen LogP contribution in [-0.4, -0.2) is 34.4 Å². The van der Waals surface area contributed by atoms with E-state index in [4.69, 9.17) is 0 Å². The smallest absolute Gasteiger partial charge is 0.347 e. The van der Waals surface area contributed by atoms with Crippen LogP contribution in [0.25, 0.3) is 10.9 Å². The highest BCUT2D eigenvalue weighted by Crippen LogP contribution is 2.36. The number of carbonyl (C=O) groups excluding carboxylic acids is 1. The van der Waals surface area contributed by atoms with Crippen molar-refractivity contribution in [2.45, 2.75) is 63.2 Å². The van der Waals surface area contributed by atoms with Crippen molar-refractivity contribution in [3.05, 3.63) is 77.0 Å². The number of hydrogen-bond donors (Lipinski definition) is 1. The molecule has 0 atom stereocenters. The summed E-state index contributed by atoms with van der Waals surface area (Å²) < 4.78 is 40.2. The molecule has 0 radical (unpaired) electrons. The second-order valence-electron chi connectivity index (χ2n) is 9.89. The lowest BCUT2D eigenvalue weighted by Gasteiger charge is -2.40. The Hall–Kier alpha value is -2.93. The van der Waals surface area contributed by atoms with E-state index in [1.54, 1.807) is 12.3 Å². The molecule has 0 bridgehead atoms. The van der Waals surface area contributed by atoms with Gasteiger partial charge >= 0.3 is 6.18 Å². The van der Waals surface area contributed by atoms with Gasteiger partial charge in [0.25, 0.3) is 5.91 Å². The average Bonchev–Trinajstić information content (AvgIpc) is 2.86. The number of rotatable bonds is 5. The normalized spacial score (nSPS) is 18.3. The minimum absolute atomic E-state index is 0.0793. The van der Waals surface area contributed by atoms with E-state index in [1.807, 2.05) is 30.3 Å². The Bertz CT molecular complexity index is 1210. The Balaban J connectivity index is 1.31. The molecule has 35 heavy (non-hydrogen) atoms. The molecule has 1 fully saturated rings. The van der Waals surface area contributed by atoms with Crippen LogP contribution in [0.1, 0.15) is 65.6 Å². The number of hydrogen-bond acceptors (Lipinski definition) is 3. The molecule has 1 amide bonds. The summed E-state index contributed by atoms with van der Waals surface area (Å²) in [7, 11) is 0. The first-order chi connectivity index (χ1) is 16.8. The van der Waals surface area contributed by atoms with Crippen molar-refractivity contribution in [3.8, 4) is 0 Å². The fourth-order valence-corrected chi connectivity index (χ4v) is 5.76. The van der Waals surface area contributed by atoms with Gasteiger partial charge in [-0.3, -0.25) is 14.7 Å². The summed E-state index contributed by atoms with van der Waals surface area (Å²) in [5, 5.41) is 4.23. The number of para-hydroxylation sites is 1. The molecule has 5 rings (SSSR count). The van der Waals surface area contributed by atoms with Gasteiger partial charge in [0.1, 0.15) is 0 Å². The standard InChI is InChI=1S/C28H30F3N3O/c29-28(30,31)24-9-6-7-20-19-34(17-12-21(20)24)18-15-27(13-4-1-5-14-27)33-26(35)23-11-16-32-25-10-3-2-8-22(23)25/h2-3,6-11,16H,1,4-5,12-15,17-19H2,(H,33,35). The molecule has 1 aromatic heterocycles. The number of nitrogens with one attached hydrogen (secondary N) is 1. The third-order valence-electron chi connectivity index (χ3n) is 7.64. The summed E-state index contributed by atoms with van der Waals surface area (Å²) in [4.78, 5) is 20.0. The Labute approximate surface area is 203 Å². The van der Waals surface area contributed by atoms with Crippen LogP contribution in [0.4, 0.5) is 13.2 Å². The molecule has 1 aliphatic carbocycles. The van der Waals surface area contributed by atoms with Gasteiger partial charge < -0.3 is 5.32 Å². The van der Waals surface area contributed by atoms with Crippen LogP contribution in [0.3, 0.4) is 0 Å². The monoisotopic (exact) mass is 481 g/mol. The van der Waals surface area contributed by atoms with E-state index in [2.05, 4.69) is 15.2 Å². The van der Waals surface area contributed by atoms with E-state index in [0.29, 0.717) is 30.6 Å². The van der Waals surface area contributed by atoms with Crippen molar-refractivity contribution < 1.29 is 18.0 Å². The lowest BCUT2D eigenvalue weighted by molar-refractivity contribution is -0.138. The Morgan fingerprint density at radius 2 is 1.83 bits per heavy atom. The summed E-state index contributed by atoms with van der Waals surface area (Å²) in [6.07, 6.45) is 3.67. The molecule has 0 saturated heterocycles. The predicted octanol–water partition coefficient (Wildman–Crippen LogP) is 6.13. The molecule has 0 unspecified atom stereocenters. The van der Waals surface area contributed by atoms with Crippen molar-refractivity contribution in [1.29, 1.82) is 0 Å². The van der Waals surface area contributed by atoms with Crippen LogP contribution in [-0.2, 0) is 19.1 Å². The van der Waals surface area contributed by atoms with Gasteiger partial charge in [0.15, 0.2) is 0 Å². The van der Waals surface area contributed by atoms with Crippen LogP contribution in [0.2, 0.25) is 0 Å². The highest BCUT2D eigenvalue weighted by Gasteiger charge is 2.37. The van der Waals surface area contributed by atoms with Crippen molar-refractivity contribution >= 4 is 16.8 Å². The first-order valence-electron chi connectivity index (χ1n) is 12.4. The second-order valence-corrected chi connectivity index (χ2v) is 9.89. The lowest BCUT2D eigenvalue weighted by atomic mass is 9.78. The maximum Gasteiger partial charge on any atom is 0.416 e. The Morgan fingerprint density at radius 3 is 2.63 bits per heavy atom. The number of carbonyl (C=O) groups is 1. The van der Waals surface area contributed by atoms with Gasteiger partial charge in [0.2, 0.25) is 0 Å². The van der Waals surface area contributed by atoms with Gasteiger partial charge in [-0.2, -0.15) is 13.2 Å². The van der Waals surface area contributed by atoms with Gasteiger partial charge in [-0.15, -0.1) is 0 Å². The molecule has 3 aromatic rings. The molecule has 2 aliphatic rings. The molecule has 1 saturated carbocycles. The van der Waals surface area contributed by atoms with Crippen molar-refractivity contribution in [2.24, 2.45) is 0 Å². The topological polar surface area (TPSA) is 45.2 Å². The summed E-state index contributed by atoms with van der Waals surface area (Å²) in [6.45, 7) is 1.85. The molecule has 1 N–H and O–H groups in total. The number of alkyl halides is 3. The lowest BCUT2D eigenvalue weighted by Crippen LogP contribution is -2.51. The number of halogens is 3. The van der Waals surface area contributed by atoms with Crippen molar-refractivity contribution in [2.75, 3.05) is 13.1 Å². The predicted molar refractivity (Wildman–Crippen MR) is 130 cm³/mol. The first-order valence-corrected chi connectivity index (χ1v) is 12.4. The third-order valence-corrected chi connectivity index (χ3v) is 7.64. The number of nitrogens with zero attached hydrogens (tertiary/aromatic N) is 2. The largest absolute Gasteiger partial charge is 0.416 e. The zero-order chi connectivity index (χ0) is 24.5. The Morgan fingerprint density at radius 1 is 1.03 bits per heavy atom. The highest BCUT2D eigenvalue weighted by molar-refractivity contribution is 6.06. The van der Waals surface area contributed by atoms with E-state index in [-0.39, 0.29) is 11.4 Å².